The Balaban J connectivity index is 2.04. The van der Waals surface area contributed by atoms with Gasteiger partial charge in [0.1, 0.15) is 0 Å². The van der Waals surface area contributed by atoms with Crippen molar-refractivity contribution in [1.82, 2.24) is 9.80 Å². The van der Waals surface area contributed by atoms with Gasteiger partial charge >= 0.3 is 0 Å². The Morgan fingerprint density at radius 1 is 1.20 bits per heavy atom. The summed E-state index contributed by atoms with van der Waals surface area (Å²) in [5.74, 6) is 0.255. The fraction of sp³-hybridized carbons (Fsp3) is 0.588. The first-order chi connectivity index (χ1) is 9.38. The van der Waals surface area contributed by atoms with Gasteiger partial charge in [0, 0.05) is 24.7 Å². The number of carbonyl (C=O) groups is 1. The molecule has 1 fully saturated rings. The molecular weight excluding hydrogens is 248 g/mol. The van der Waals surface area contributed by atoms with E-state index in [-0.39, 0.29) is 5.78 Å². The molecule has 0 bridgehead atoms. The maximum Gasteiger partial charge on any atom is 0.177 e. The van der Waals surface area contributed by atoms with Crippen molar-refractivity contribution in [2.75, 3.05) is 33.7 Å². The summed E-state index contributed by atoms with van der Waals surface area (Å²) in [6, 6.07) is 4.76. The number of ketones is 1. The molecule has 110 valence electrons. The lowest BCUT2D eigenvalue weighted by Gasteiger charge is -2.20. The summed E-state index contributed by atoms with van der Waals surface area (Å²) >= 11 is 0. The second-order valence-electron chi connectivity index (χ2n) is 6.32. The highest BCUT2D eigenvalue weighted by atomic mass is 16.1. The van der Waals surface area contributed by atoms with Crippen molar-refractivity contribution < 1.29 is 4.79 Å². The summed E-state index contributed by atoms with van der Waals surface area (Å²) in [6.07, 6.45) is 1.16. The zero-order valence-corrected chi connectivity index (χ0v) is 13.4. The van der Waals surface area contributed by atoms with E-state index in [2.05, 4.69) is 43.8 Å². The average molecular weight is 274 g/mol. The van der Waals surface area contributed by atoms with Crippen LogP contribution in [0, 0.1) is 20.8 Å². The topological polar surface area (TPSA) is 23.6 Å². The van der Waals surface area contributed by atoms with E-state index in [9.17, 15) is 4.79 Å². The van der Waals surface area contributed by atoms with Crippen LogP contribution >= 0.6 is 0 Å². The van der Waals surface area contributed by atoms with Gasteiger partial charge in [0.2, 0.25) is 0 Å². The van der Waals surface area contributed by atoms with Crippen molar-refractivity contribution in [2.24, 2.45) is 0 Å². The first-order valence-electron chi connectivity index (χ1n) is 7.38. The first-order valence-corrected chi connectivity index (χ1v) is 7.38. The number of rotatable bonds is 4. The third-order valence-corrected chi connectivity index (χ3v) is 4.49. The van der Waals surface area contributed by atoms with E-state index in [4.69, 9.17) is 0 Å². The Labute approximate surface area is 122 Å². The van der Waals surface area contributed by atoms with Crippen molar-refractivity contribution in [1.29, 1.82) is 0 Å². The van der Waals surface area contributed by atoms with Crippen LogP contribution < -0.4 is 0 Å². The van der Waals surface area contributed by atoms with Gasteiger partial charge in [-0.05, 0) is 64.0 Å². The summed E-state index contributed by atoms with van der Waals surface area (Å²) in [4.78, 5) is 17.0. The van der Waals surface area contributed by atoms with E-state index in [0.29, 0.717) is 12.6 Å². The number of aryl methyl sites for hydroxylation is 3. The molecule has 1 aromatic rings. The Morgan fingerprint density at radius 3 is 2.45 bits per heavy atom. The maximum atomic E-state index is 12.5. The quantitative estimate of drug-likeness (QED) is 0.788. The molecule has 1 aliphatic rings. The van der Waals surface area contributed by atoms with Crippen LogP contribution in [0.1, 0.15) is 33.5 Å². The van der Waals surface area contributed by atoms with Gasteiger partial charge in [0.05, 0.1) is 6.54 Å². The molecule has 0 aromatic heterocycles. The molecule has 3 heteroatoms. The zero-order valence-electron chi connectivity index (χ0n) is 13.4. The Hall–Kier alpha value is -1.19. The third kappa shape index (κ3) is 3.28. The van der Waals surface area contributed by atoms with Crippen LogP contribution in [0.3, 0.4) is 0 Å². The molecule has 0 N–H and O–H groups in total. The third-order valence-electron chi connectivity index (χ3n) is 4.49. The molecule has 1 heterocycles. The van der Waals surface area contributed by atoms with Gasteiger partial charge in [-0.3, -0.25) is 9.69 Å². The number of hydrogen-bond acceptors (Lipinski definition) is 3. The van der Waals surface area contributed by atoms with Gasteiger partial charge in [0.15, 0.2) is 5.78 Å². The SMILES string of the molecule is Cc1cc(C)c(C(=O)CN2CCC(N(C)C)C2)cc1C. The van der Waals surface area contributed by atoms with Crippen molar-refractivity contribution in [3.63, 3.8) is 0 Å². The fourth-order valence-electron chi connectivity index (χ4n) is 2.93. The number of Topliss-reactive ketones (excluding diaryl/α,β-unsaturated/α-hetero) is 1. The molecule has 1 saturated heterocycles. The number of nitrogens with zero attached hydrogens (tertiary/aromatic N) is 2. The first kappa shape index (κ1) is 15.2. The van der Waals surface area contributed by atoms with E-state index >= 15 is 0 Å². The highest BCUT2D eigenvalue weighted by molar-refractivity contribution is 5.99. The lowest BCUT2D eigenvalue weighted by molar-refractivity contribution is 0.0941. The molecule has 0 aliphatic carbocycles. The zero-order chi connectivity index (χ0) is 14.9. The molecule has 1 aromatic carbocycles. The maximum absolute atomic E-state index is 12.5. The van der Waals surface area contributed by atoms with Crippen LogP contribution in [0.25, 0.3) is 0 Å². The highest BCUT2D eigenvalue weighted by Gasteiger charge is 2.25. The predicted octanol–water partition coefficient (Wildman–Crippen LogP) is 2.43. The molecule has 0 spiro atoms. The smallest absolute Gasteiger partial charge is 0.177 e. The molecular formula is C17H26N2O. The summed E-state index contributed by atoms with van der Waals surface area (Å²) in [5.41, 5.74) is 4.45. The minimum Gasteiger partial charge on any atom is -0.305 e. The van der Waals surface area contributed by atoms with Gasteiger partial charge in [-0.25, -0.2) is 0 Å². The van der Waals surface area contributed by atoms with E-state index in [1.165, 1.54) is 11.1 Å². The molecule has 2 rings (SSSR count). The second kappa shape index (κ2) is 6.06. The molecule has 0 radical (unpaired) electrons. The molecule has 0 amide bonds. The molecule has 1 aliphatic heterocycles. The van der Waals surface area contributed by atoms with Gasteiger partial charge in [-0.15, -0.1) is 0 Å². The normalized spacial score (nSPS) is 19.8. The molecule has 1 unspecified atom stereocenters. The van der Waals surface area contributed by atoms with Crippen molar-refractivity contribution in [2.45, 2.75) is 33.2 Å². The Morgan fingerprint density at radius 2 is 1.85 bits per heavy atom. The van der Waals surface area contributed by atoms with E-state index in [1.807, 2.05) is 13.0 Å². The van der Waals surface area contributed by atoms with Crippen LogP contribution in [0.2, 0.25) is 0 Å². The summed E-state index contributed by atoms with van der Waals surface area (Å²) < 4.78 is 0. The Kier molecular flexibility index (Phi) is 4.61. The minimum absolute atomic E-state index is 0.255. The lowest BCUT2D eigenvalue weighted by Crippen LogP contribution is -2.34. The fourth-order valence-corrected chi connectivity index (χ4v) is 2.93. The minimum atomic E-state index is 0.255. The summed E-state index contributed by atoms with van der Waals surface area (Å²) in [7, 11) is 4.23. The van der Waals surface area contributed by atoms with Crippen LogP contribution in [-0.2, 0) is 0 Å². The van der Waals surface area contributed by atoms with E-state index in [0.717, 1.165) is 30.6 Å². The van der Waals surface area contributed by atoms with Gasteiger partial charge in [0.25, 0.3) is 0 Å². The van der Waals surface area contributed by atoms with Crippen LogP contribution in [0.15, 0.2) is 12.1 Å². The lowest BCUT2D eigenvalue weighted by atomic mass is 9.98. The Bertz CT molecular complexity index is 508. The molecule has 0 saturated carbocycles. The van der Waals surface area contributed by atoms with E-state index in [1.54, 1.807) is 0 Å². The summed E-state index contributed by atoms with van der Waals surface area (Å²) in [6.45, 7) is 8.78. The van der Waals surface area contributed by atoms with E-state index < -0.39 is 0 Å². The second-order valence-corrected chi connectivity index (χ2v) is 6.32. The number of likely N-dealkylation sites (N-methyl/N-ethyl adjacent to an activating group) is 1. The largest absolute Gasteiger partial charge is 0.305 e. The number of hydrogen-bond donors (Lipinski definition) is 0. The monoisotopic (exact) mass is 274 g/mol. The van der Waals surface area contributed by atoms with Crippen molar-refractivity contribution in [3.05, 3.63) is 34.4 Å². The summed E-state index contributed by atoms with van der Waals surface area (Å²) in [5, 5.41) is 0. The molecule has 20 heavy (non-hydrogen) atoms. The molecule has 3 nitrogen and oxygen atoms in total. The number of carbonyl (C=O) groups excluding carboxylic acids is 1. The number of likely N-dealkylation sites (tertiary alicyclic amines) is 1. The van der Waals surface area contributed by atoms with Gasteiger partial charge in [-0.2, -0.15) is 0 Å². The molecule has 1 atom stereocenters. The van der Waals surface area contributed by atoms with Crippen LogP contribution in [0.4, 0.5) is 0 Å². The average Bonchev–Trinajstić information content (AvgIpc) is 2.82. The highest BCUT2D eigenvalue weighted by Crippen LogP contribution is 2.18. The van der Waals surface area contributed by atoms with Crippen LogP contribution in [0.5, 0.6) is 0 Å². The van der Waals surface area contributed by atoms with Crippen molar-refractivity contribution in [3.8, 4) is 0 Å². The van der Waals surface area contributed by atoms with Crippen LogP contribution in [-0.4, -0.2) is 55.4 Å². The standard InChI is InChI=1S/C17H26N2O/c1-12-8-14(3)16(9-13(12)2)17(20)11-19-7-6-15(10-19)18(4)5/h8-9,15H,6-7,10-11H2,1-5H3. The number of benzene rings is 1. The van der Waals surface area contributed by atoms with Gasteiger partial charge < -0.3 is 4.90 Å². The van der Waals surface area contributed by atoms with Gasteiger partial charge in [-0.1, -0.05) is 6.07 Å². The van der Waals surface area contributed by atoms with Crippen molar-refractivity contribution >= 4 is 5.78 Å². The predicted molar refractivity (Wildman–Crippen MR) is 83.5 cm³/mol.